The first-order valence-electron chi connectivity index (χ1n) is 7.74. The fraction of sp³-hybridized carbons (Fsp3) is 0.588. The standard InChI is InChI=1S/C17H27N3/c1-13(2)11-20(15-8-4-5-9-15)12-14-7-3-6-10-16(14)17(18)19/h3,6-7,10,13,15H,4-5,8-9,11-12H2,1-2H3,(H3,18,19). The van der Waals surface area contributed by atoms with Crippen LogP contribution in [0.4, 0.5) is 0 Å². The average Bonchev–Trinajstić information content (AvgIpc) is 2.91. The first-order valence-corrected chi connectivity index (χ1v) is 7.74. The molecule has 1 aromatic carbocycles. The number of nitrogens with one attached hydrogen (secondary N) is 1. The Morgan fingerprint density at radius 2 is 1.95 bits per heavy atom. The molecule has 0 unspecified atom stereocenters. The summed E-state index contributed by atoms with van der Waals surface area (Å²) in [5.41, 5.74) is 7.79. The van der Waals surface area contributed by atoms with E-state index in [9.17, 15) is 0 Å². The Morgan fingerprint density at radius 3 is 2.55 bits per heavy atom. The maximum atomic E-state index is 7.73. The van der Waals surface area contributed by atoms with Gasteiger partial charge in [-0.15, -0.1) is 0 Å². The first kappa shape index (κ1) is 15.0. The maximum absolute atomic E-state index is 7.73. The van der Waals surface area contributed by atoms with Crippen LogP contribution in [0.1, 0.15) is 50.7 Å². The Kier molecular flexibility index (Phi) is 5.18. The molecule has 2 rings (SSSR count). The molecule has 0 aromatic heterocycles. The van der Waals surface area contributed by atoms with Crippen molar-refractivity contribution in [2.24, 2.45) is 11.7 Å². The Balaban J connectivity index is 2.16. The Hall–Kier alpha value is -1.35. The van der Waals surface area contributed by atoms with Crippen LogP contribution in [0.15, 0.2) is 24.3 Å². The average molecular weight is 273 g/mol. The Morgan fingerprint density at radius 1 is 1.30 bits per heavy atom. The first-order chi connectivity index (χ1) is 9.58. The highest BCUT2D eigenvalue weighted by atomic mass is 15.2. The molecule has 1 saturated carbocycles. The van der Waals surface area contributed by atoms with Crippen LogP contribution in [-0.2, 0) is 6.54 Å². The van der Waals surface area contributed by atoms with Crippen LogP contribution in [0, 0.1) is 11.3 Å². The van der Waals surface area contributed by atoms with Crippen LogP contribution in [0.3, 0.4) is 0 Å². The second kappa shape index (κ2) is 6.89. The quantitative estimate of drug-likeness (QED) is 0.617. The van der Waals surface area contributed by atoms with Crippen LogP contribution < -0.4 is 5.73 Å². The molecule has 1 aliphatic carbocycles. The molecule has 110 valence electrons. The zero-order valence-corrected chi connectivity index (χ0v) is 12.7. The summed E-state index contributed by atoms with van der Waals surface area (Å²) in [6.07, 6.45) is 5.34. The molecule has 3 heteroatoms. The highest BCUT2D eigenvalue weighted by Gasteiger charge is 2.23. The van der Waals surface area contributed by atoms with Gasteiger partial charge in [0.15, 0.2) is 0 Å². The number of rotatable bonds is 6. The van der Waals surface area contributed by atoms with Crippen LogP contribution in [-0.4, -0.2) is 23.3 Å². The molecule has 0 atom stereocenters. The topological polar surface area (TPSA) is 53.1 Å². The summed E-state index contributed by atoms with van der Waals surface area (Å²) >= 11 is 0. The van der Waals surface area contributed by atoms with Gasteiger partial charge < -0.3 is 5.73 Å². The third-order valence-electron chi connectivity index (χ3n) is 4.12. The van der Waals surface area contributed by atoms with Crippen molar-refractivity contribution in [2.45, 2.75) is 52.1 Å². The molecule has 1 aliphatic rings. The third-order valence-corrected chi connectivity index (χ3v) is 4.12. The van der Waals surface area contributed by atoms with Crippen LogP contribution >= 0.6 is 0 Å². The molecule has 1 fully saturated rings. The Bertz CT molecular complexity index is 447. The fourth-order valence-electron chi connectivity index (χ4n) is 3.22. The molecule has 20 heavy (non-hydrogen) atoms. The van der Waals surface area contributed by atoms with Gasteiger partial charge in [-0.1, -0.05) is 51.0 Å². The van der Waals surface area contributed by atoms with Gasteiger partial charge in [0.25, 0.3) is 0 Å². The van der Waals surface area contributed by atoms with Crippen LogP contribution in [0.2, 0.25) is 0 Å². The van der Waals surface area contributed by atoms with E-state index in [-0.39, 0.29) is 5.84 Å². The van der Waals surface area contributed by atoms with Gasteiger partial charge >= 0.3 is 0 Å². The van der Waals surface area contributed by atoms with Gasteiger partial charge in [-0.05, 0) is 24.3 Å². The minimum atomic E-state index is 0.177. The highest BCUT2D eigenvalue weighted by Crippen LogP contribution is 2.26. The molecular formula is C17H27N3. The number of nitrogen functional groups attached to an aromatic ring is 1. The van der Waals surface area contributed by atoms with E-state index in [1.165, 1.54) is 31.2 Å². The SMILES string of the molecule is CC(C)CN(Cc1ccccc1C(=N)N)C1CCCC1. The summed E-state index contributed by atoms with van der Waals surface area (Å²) in [6.45, 7) is 6.59. The molecule has 3 N–H and O–H groups in total. The van der Waals surface area contributed by atoms with E-state index in [1.807, 2.05) is 18.2 Å². The minimum absolute atomic E-state index is 0.177. The summed E-state index contributed by atoms with van der Waals surface area (Å²) in [7, 11) is 0. The number of nitrogens with zero attached hydrogens (tertiary/aromatic N) is 1. The maximum Gasteiger partial charge on any atom is 0.123 e. The number of nitrogens with two attached hydrogens (primary N) is 1. The van der Waals surface area contributed by atoms with Crippen LogP contribution in [0.25, 0.3) is 0 Å². The minimum Gasteiger partial charge on any atom is -0.384 e. The van der Waals surface area contributed by atoms with Crippen molar-refractivity contribution in [3.63, 3.8) is 0 Å². The van der Waals surface area contributed by atoms with Gasteiger partial charge in [-0.2, -0.15) is 0 Å². The van der Waals surface area contributed by atoms with Gasteiger partial charge in [-0.25, -0.2) is 0 Å². The molecule has 0 radical (unpaired) electrons. The van der Waals surface area contributed by atoms with Crippen molar-refractivity contribution in [3.8, 4) is 0 Å². The van der Waals surface area contributed by atoms with Crippen molar-refractivity contribution in [2.75, 3.05) is 6.54 Å². The lowest BCUT2D eigenvalue weighted by molar-refractivity contribution is 0.168. The monoisotopic (exact) mass is 273 g/mol. The molecule has 0 heterocycles. The van der Waals surface area contributed by atoms with Crippen molar-refractivity contribution in [1.82, 2.24) is 4.90 Å². The van der Waals surface area contributed by atoms with E-state index in [4.69, 9.17) is 11.1 Å². The molecule has 0 saturated heterocycles. The van der Waals surface area contributed by atoms with Gasteiger partial charge in [0.1, 0.15) is 5.84 Å². The summed E-state index contributed by atoms with van der Waals surface area (Å²) in [5.74, 6) is 0.844. The summed E-state index contributed by atoms with van der Waals surface area (Å²) in [6, 6.07) is 8.78. The summed E-state index contributed by atoms with van der Waals surface area (Å²) < 4.78 is 0. The van der Waals surface area contributed by atoms with Gasteiger partial charge in [0.05, 0.1) is 0 Å². The van der Waals surface area contributed by atoms with Gasteiger partial charge in [-0.3, -0.25) is 10.3 Å². The number of hydrogen-bond acceptors (Lipinski definition) is 2. The molecule has 0 bridgehead atoms. The molecule has 0 amide bonds. The van der Waals surface area contributed by atoms with Gasteiger partial charge in [0, 0.05) is 24.7 Å². The third kappa shape index (κ3) is 3.83. The molecule has 0 spiro atoms. The second-order valence-electron chi connectivity index (χ2n) is 6.33. The molecule has 1 aromatic rings. The predicted octanol–water partition coefficient (Wildman–Crippen LogP) is 3.37. The normalized spacial score (nSPS) is 16.2. The van der Waals surface area contributed by atoms with E-state index in [0.29, 0.717) is 12.0 Å². The fourth-order valence-corrected chi connectivity index (χ4v) is 3.22. The van der Waals surface area contributed by atoms with E-state index in [1.54, 1.807) is 0 Å². The number of benzene rings is 1. The van der Waals surface area contributed by atoms with E-state index in [2.05, 4.69) is 24.8 Å². The molecule has 0 aliphatic heterocycles. The van der Waals surface area contributed by atoms with Crippen molar-refractivity contribution in [3.05, 3.63) is 35.4 Å². The predicted molar refractivity (Wildman–Crippen MR) is 85.0 cm³/mol. The van der Waals surface area contributed by atoms with Crippen LogP contribution in [0.5, 0.6) is 0 Å². The van der Waals surface area contributed by atoms with Crippen molar-refractivity contribution >= 4 is 5.84 Å². The highest BCUT2D eigenvalue weighted by molar-refractivity contribution is 5.96. The Labute approximate surface area is 122 Å². The molecule has 3 nitrogen and oxygen atoms in total. The van der Waals surface area contributed by atoms with Crippen molar-refractivity contribution < 1.29 is 0 Å². The lowest BCUT2D eigenvalue weighted by Gasteiger charge is -2.31. The van der Waals surface area contributed by atoms with Crippen molar-refractivity contribution in [1.29, 1.82) is 5.41 Å². The van der Waals surface area contributed by atoms with E-state index in [0.717, 1.165) is 18.7 Å². The largest absolute Gasteiger partial charge is 0.384 e. The summed E-state index contributed by atoms with van der Waals surface area (Å²) in [4.78, 5) is 2.60. The second-order valence-corrected chi connectivity index (χ2v) is 6.33. The van der Waals surface area contributed by atoms with E-state index < -0.39 is 0 Å². The number of amidine groups is 1. The smallest absolute Gasteiger partial charge is 0.123 e. The number of hydrogen-bond donors (Lipinski definition) is 2. The summed E-state index contributed by atoms with van der Waals surface area (Å²) in [5, 5.41) is 7.73. The van der Waals surface area contributed by atoms with E-state index >= 15 is 0 Å². The lowest BCUT2D eigenvalue weighted by Crippen LogP contribution is -2.36. The zero-order chi connectivity index (χ0) is 14.5. The lowest BCUT2D eigenvalue weighted by atomic mass is 10.0. The molecular weight excluding hydrogens is 246 g/mol. The zero-order valence-electron chi connectivity index (χ0n) is 12.7. The van der Waals surface area contributed by atoms with Gasteiger partial charge in [0.2, 0.25) is 0 Å².